The van der Waals surface area contributed by atoms with Gasteiger partial charge >= 0.3 is 6.18 Å². The number of rotatable bonds is 3. The molecule has 10 heteroatoms. The lowest BCUT2D eigenvalue weighted by Gasteiger charge is -2.19. The van der Waals surface area contributed by atoms with E-state index in [1.54, 1.807) is 0 Å². The summed E-state index contributed by atoms with van der Waals surface area (Å²) < 4.78 is 80.1. The van der Waals surface area contributed by atoms with Crippen LogP contribution in [-0.2, 0) is 15.8 Å². The van der Waals surface area contributed by atoms with Crippen molar-refractivity contribution in [3.8, 4) is 0 Å². The monoisotopic (exact) mass is 416 g/mol. The molecule has 0 saturated carbocycles. The Morgan fingerprint density at radius 2 is 1.66 bits per heavy atom. The molecule has 1 aliphatic rings. The number of amides is 2. The van der Waals surface area contributed by atoms with Crippen LogP contribution >= 0.6 is 0 Å². The predicted molar refractivity (Wildman–Crippen MR) is 90.3 cm³/mol. The Bertz CT molecular complexity index is 952. The number of nitrogens with zero attached hydrogens (tertiary/aromatic N) is 1. The molecule has 154 valence electrons. The maximum absolute atomic E-state index is 14.0. The molecule has 1 fully saturated rings. The van der Waals surface area contributed by atoms with Gasteiger partial charge in [0.05, 0.1) is 5.69 Å². The maximum atomic E-state index is 14.0. The smallest absolute Gasteiger partial charge is 0.344 e. The Labute approximate surface area is 161 Å². The summed E-state index contributed by atoms with van der Waals surface area (Å²) in [5.41, 5.74) is -2.53. The highest BCUT2D eigenvalue weighted by Gasteiger charge is 2.46. The van der Waals surface area contributed by atoms with Gasteiger partial charge in [-0.2, -0.15) is 13.2 Å². The van der Waals surface area contributed by atoms with Crippen molar-refractivity contribution < 1.29 is 35.9 Å². The van der Waals surface area contributed by atoms with Crippen LogP contribution in [0.4, 0.5) is 32.0 Å². The first-order valence-electron chi connectivity index (χ1n) is 8.37. The zero-order chi connectivity index (χ0) is 21.5. The molecule has 0 bridgehead atoms. The number of anilines is 1. The molecule has 0 aromatic heterocycles. The molecule has 1 saturated heterocycles. The molecule has 1 N–H and O–H groups in total. The molecule has 2 aromatic carbocycles. The van der Waals surface area contributed by atoms with Crippen molar-refractivity contribution in [2.75, 3.05) is 18.9 Å². The second-order valence-corrected chi connectivity index (χ2v) is 6.63. The van der Waals surface area contributed by atoms with Gasteiger partial charge in [-0.3, -0.25) is 9.59 Å². The predicted octanol–water partition coefficient (Wildman–Crippen LogP) is 3.93. The van der Waals surface area contributed by atoms with Gasteiger partial charge in [-0.1, -0.05) is 12.1 Å². The van der Waals surface area contributed by atoms with Gasteiger partial charge < -0.3 is 10.2 Å². The van der Waals surface area contributed by atoms with Crippen LogP contribution in [-0.4, -0.2) is 30.3 Å². The van der Waals surface area contributed by atoms with E-state index in [1.807, 2.05) is 0 Å². The highest BCUT2D eigenvalue weighted by Crippen LogP contribution is 2.39. The Morgan fingerprint density at radius 3 is 2.21 bits per heavy atom. The van der Waals surface area contributed by atoms with Crippen molar-refractivity contribution in [3.63, 3.8) is 0 Å². The summed E-state index contributed by atoms with van der Waals surface area (Å²) in [6, 6.07) is 6.09. The number of carbonyl (C=O) groups excluding carboxylic acids is 2. The summed E-state index contributed by atoms with van der Waals surface area (Å²) in [5.74, 6) is -8.70. The Morgan fingerprint density at radius 1 is 1.07 bits per heavy atom. The molecule has 0 radical (unpaired) electrons. The molecule has 0 unspecified atom stereocenters. The summed E-state index contributed by atoms with van der Waals surface area (Å²) in [6.45, 7) is -0.154. The number of likely N-dealkylation sites (N-methyl/N-ethyl adjacent to an activating group) is 1. The van der Waals surface area contributed by atoms with Crippen LogP contribution in [0.15, 0.2) is 36.4 Å². The van der Waals surface area contributed by atoms with Gasteiger partial charge in [0.1, 0.15) is 28.9 Å². The van der Waals surface area contributed by atoms with Crippen molar-refractivity contribution in [1.29, 1.82) is 0 Å². The lowest BCUT2D eigenvalue weighted by Crippen LogP contribution is -2.33. The topological polar surface area (TPSA) is 49.4 Å². The van der Waals surface area contributed by atoms with E-state index in [4.69, 9.17) is 0 Å². The lowest BCUT2D eigenvalue weighted by molar-refractivity contribution is -0.142. The molecule has 2 atom stereocenters. The van der Waals surface area contributed by atoms with E-state index >= 15 is 0 Å². The normalized spacial score (nSPS) is 19.6. The third-order valence-corrected chi connectivity index (χ3v) is 4.71. The third kappa shape index (κ3) is 3.92. The molecule has 1 aliphatic heterocycles. The van der Waals surface area contributed by atoms with Gasteiger partial charge in [0.2, 0.25) is 11.8 Å². The summed E-state index contributed by atoms with van der Waals surface area (Å²) in [5, 5.41) is 2.24. The second kappa shape index (κ2) is 7.41. The van der Waals surface area contributed by atoms with Crippen LogP contribution in [0, 0.1) is 23.4 Å². The lowest BCUT2D eigenvalue weighted by atomic mass is 9.87. The van der Waals surface area contributed by atoms with Crippen LogP contribution in [0.3, 0.4) is 0 Å². The minimum absolute atomic E-state index is 0.154. The molecule has 1 heterocycles. The first kappa shape index (κ1) is 20.7. The quantitative estimate of drug-likeness (QED) is 0.609. The second-order valence-electron chi connectivity index (χ2n) is 6.63. The van der Waals surface area contributed by atoms with Crippen LogP contribution in [0.1, 0.15) is 17.0 Å². The summed E-state index contributed by atoms with van der Waals surface area (Å²) in [6.07, 6.45) is -5.24. The number of hydrogen-bond donors (Lipinski definition) is 1. The van der Waals surface area contributed by atoms with E-state index in [9.17, 15) is 35.9 Å². The number of nitrogens with one attached hydrogen (secondary N) is 1. The number of alkyl halides is 3. The number of hydrogen-bond acceptors (Lipinski definition) is 2. The standard InChI is InChI=1S/C19H14F6N2O2/c1-27-8-10(9-6-12(21)16(13(22)7-9)19(23,24)25)15(18(27)29)17(28)26-14-5-3-2-4-11(14)20/h2-7,10,15H,8H2,1H3,(H,26,28)/t10-,15+/m1/s1. The first-order valence-corrected chi connectivity index (χ1v) is 8.37. The number of para-hydroxylation sites is 1. The van der Waals surface area contributed by atoms with Crippen molar-refractivity contribution in [1.82, 2.24) is 4.90 Å². The molecule has 0 aliphatic carbocycles. The van der Waals surface area contributed by atoms with Gasteiger partial charge in [0, 0.05) is 19.5 Å². The van der Waals surface area contributed by atoms with E-state index in [0.717, 1.165) is 11.0 Å². The minimum Gasteiger partial charge on any atom is -0.344 e. The van der Waals surface area contributed by atoms with Gasteiger partial charge in [-0.05, 0) is 29.8 Å². The molecule has 0 spiro atoms. The zero-order valence-electron chi connectivity index (χ0n) is 14.9. The van der Waals surface area contributed by atoms with E-state index in [-0.39, 0.29) is 17.8 Å². The van der Waals surface area contributed by atoms with Gasteiger partial charge in [-0.15, -0.1) is 0 Å². The van der Waals surface area contributed by atoms with Crippen molar-refractivity contribution in [2.45, 2.75) is 12.1 Å². The summed E-state index contributed by atoms with van der Waals surface area (Å²) >= 11 is 0. The van der Waals surface area contributed by atoms with E-state index in [2.05, 4.69) is 5.32 Å². The van der Waals surface area contributed by atoms with Crippen molar-refractivity contribution in [3.05, 3.63) is 65.0 Å². The van der Waals surface area contributed by atoms with Crippen molar-refractivity contribution in [2.24, 2.45) is 5.92 Å². The number of likely N-dealkylation sites (tertiary alicyclic amines) is 1. The molecule has 29 heavy (non-hydrogen) atoms. The van der Waals surface area contributed by atoms with Crippen molar-refractivity contribution >= 4 is 17.5 Å². The van der Waals surface area contributed by atoms with E-state index < -0.39 is 52.8 Å². The Balaban J connectivity index is 1.97. The fraction of sp³-hybridized carbons (Fsp3) is 0.263. The molecule has 2 aromatic rings. The number of benzene rings is 2. The van der Waals surface area contributed by atoms with Gasteiger partial charge in [0.15, 0.2) is 0 Å². The van der Waals surface area contributed by atoms with Crippen LogP contribution < -0.4 is 5.32 Å². The molecular weight excluding hydrogens is 402 g/mol. The average molecular weight is 416 g/mol. The number of halogens is 6. The van der Waals surface area contributed by atoms with E-state index in [1.165, 1.54) is 25.2 Å². The first-order chi connectivity index (χ1) is 13.5. The summed E-state index contributed by atoms with van der Waals surface area (Å²) in [4.78, 5) is 26.1. The third-order valence-electron chi connectivity index (χ3n) is 4.71. The fourth-order valence-corrected chi connectivity index (χ4v) is 3.34. The van der Waals surface area contributed by atoms with Crippen LogP contribution in [0.2, 0.25) is 0 Å². The van der Waals surface area contributed by atoms with Crippen LogP contribution in [0.5, 0.6) is 0 Å². The SMILES string of the molecule is CN1C[C@H](c2cc(F)c(C(F)(F)F)c(F)c2)[C@@H](C(=O)Nc2ccccc2F)C1=O. The summed E-state index contributed by atoms with van der Waals surface area (Å²) in [7, 11) is 1.34. The zero-order valence-corrected chi connectivity index (χ0v) is 14.9. The molecular formula is C19H14F6N2O2. The molecule has 3 rings (SSSR count). The van der Waals surface area contributed by atoms with E-state index in [0.29, 0.717) is 12.1 Å². The number of carbonyl (C=O) groups is 2. The highest BCUT2D eigenvalue weighted by atomic mass is 19.4. The Hall–Kier alpha value is -3.04. The molecule has 4 nitrogen and oxygen atoms in total. The minimum atomic E-state index is -5.24. The van der Waals surface area contributed by atoms with Crippen LogP contribution in [0.25, 0.3) is 0 Å². The van der Waals surface area contributed by atoms with Gasteiger partial charge in [0.25, 0.3) is 0 Å². The van der Waals surface area contributed by atoms with Gasteiger partial charge in [-0.25, -0.2) is 13.2 Å². The highest BCUT2D eigenvalue weighted by molar-refractivity contribution is 6.08. The largest absolute Gasteiger partial charge is 0.422 e. The Kier molecular flexibility index (Phi) is 5.29. The average Bonchev–Trinajstić information content (AvgIpc) is 2.90. The molecule has 2 amide bonds. The fourth-order valence-electron chi connectivity index (χ4n) is 3.34. The maximum Gasteiger partial charge on any atom is 0.422 e.